The lowest BCUT2D eigenvalue weighted by Crippen LogP contribution is -2.66. The molecular weight excluding hydrogens is 893 g/mol. The zero-order valence-corrected chi connectivity index (χ0v) is 31.5. The number of Topliss-reactive ketones (excluding diaryl/α,β-unsaturated/α-hetero) is 2. The molecule has 29 heteroatoms. The highest BCUT2D eigenvalue weighted by Gasteiger charge is 2.86. The van der Waals surface area contributed by atoms with Gasteiger partial charge in [-0.1, -0.05) is 24.3 Å². The van der Waals surface area contributed by atoms with E-state index in [-0.39, 0.29) is 17.1 Å². The summed E-state index contributed by atoms with van der Waals surface area (Å²) in [5.41, 5.74) is 0.736. The Morgan fingerprint density at radius 1 is 0.525 bits per heavy atom. The van der Waals surface area contributed by atoms with E-state index in [1.807, 2.05) is 0 Å². The van der Waals surface area contributed by atoms with Gasteiger partial charge < -0.3 is 9.80 Å². The van der Waals surface area contributed by atoms with Gasteiger partial charge in [-0.2, -0.15) is 74.5 Å². The molecule has 336 valence electrons. The number of aryl methyl sites for hydroxylation is 2. The van der Waals surface area contributed by atoms with Gasteiger partial charge in [-0.05, 0) is 24.0 Å². The molecule has 0 atom stereocenters. The van der Waals surface area contributed by atoms with Gasteiger partial charge in [-0.3, -0.25) is 19.2 Å². The maximum absolute atomic E-state index is 14.2. The summed E-state index contributed by atoms with van der Waals surface area (Å²) in [5, 5.41) is -13.2. The van der Waals surface area contributed by atoms with Gasteiger partial charge in [-0.15, -0.1) is 0 Å². The van der Waals surface area contributed by atoms with Crippen molar-refractivity contribution in [2.24, 2.45) is 0 Å². The predicted octanol–water partition coefficient (Wildman–Crippen LogP) is 3.95. The maximum atomic E-state index is 14.2. The summed E-state index contributed by atoms with van der Waals surface area (Å²) in [4.78, 5) is 51.7. The van der Waals surface area contributed by atoms with Gasteiger partial charge in [0.1, 0.15) is 0 Å². The molecule has 0 radical (unpaired) electrons. The third-order valence-electron chi connectivity index (χ3n) is 9.16. The highest BCUT2D eigenvalue weighted by Crippen LogP contribution is 2.55. The molecule has 0 N–H and O–H groups in total. The lowest BCUT2D eigenvalue weighted by molar-refractivity contribution is -0.382. The molecule has 0 aliphatic carbocycles. The summed E-state index contributed by atoms with van der Waals surface area (Å²) >= 11 is 0. The van der Waals surface area contributed by atoms with Crippen molar-refractivity contribution < 1.29 is 102 Å². The standard InChI is InChI=1S/C30H31F15N4O8S2/c1-24(31,32)25(33,34)29(42,43)58(54,55)48-13-9-46(10-14-48)22(52)20(50)7-5-18-3-2-4-19(17-18)6-8-21(51)23(53)47-11-15-49(16-12-47)59(56,57)30(44,45)27(37,38)26(35,36)28(39,40)41/h2-4,17H,5-16H2,1H3. The minimum Gasteiger partial charge on any atom is -0.333 e. The van der Waals surface area contributed by atoms with E-state index in [1.165, 1.54) is 24.3 Å². The Balaban J connectivity index is 1.52. The summed E-state index contributed by atoms with van der Waals surface area (Å²) in [6.45, 7) is -8.63. The molecule has 0 aromatic heterocycles. The lowest BCUT2D eigenvalue weighted by atomic mass is 10.0. The fourth-order valence-electron chi connectivity index (χ4n) is 5.55. The molecular formula is C30H31F15N4O8S2. The molecule has 2 aliphatic rings. The van der Waals surface area contributed by atoms with Gasteiger partial charge in [0, 0.05) is 72.1 Å². The van der Waals surface area contributed by atoms with E-state index in [1.54, 1.807) is 0 Å². The monoisotopic (exact) mass is 924 g/mol. The maximum Gasteiger partial charge on any atom is 0.460 e. The number of piperazine rings is 2. The van der Waals surface area contributed by atoms with Crippen molar-refractivity contribution in [2.45, 2.75) is 73.0 Å². The van der Waals surface area contributed by atoms with E-state index in [2.05, 4.69) is 0 Å². The SMILES string of the molecule is CC(F)(F)C(F)(F)C(F)(F)S(=O)(=O)N1CCN(C(=O)C(=O)CCc2cccc(CCC(=O)C(=O)N3CCN(S(=O)(=O)C(F)(F)C(F)(F)C(F)(F)C(F)(F)F)CC3)c2)CC1. The summed E-state index contributed by atoms with van der Waals surface area (Å²) in [6.07, 6.45) is -8.64. The number of sulfonamides is 2. The second-order valence-corrected chi connectivity index (χ2v) is 17.2. The Morgan fingerprint density at radius 3 is 1.15 bits per heavy atom. The van der Waals surface area contributed by atoms with Crippen molar-refractivity contribution >= 4 is 43.4 Å². The number of carbonyl (C=O) groups excluding carboxylic acids is 4. The van der Waals surface area contributed by atoms with Crippen LogP contribution in [0.15, 0.2) is 24.3 Å². The van der Waals surface area contributed by atoms with Crippen molar-refractivity contribution in [3.05, 3.63) is 35.4 Å². The highest BCUT2D eigenvalue weighted by atomic mass is 32.2. The third-order valence-corrected chi connectivity index (χ3v) is 13.1. The predicted molar refractivity (Wildman–Crippen MR) is 169 cm³/mol. The fourth-order valence-corrected chi connectivity index (χ4v) is 8.44. The van der Waals surface area contributed by atoms with Crippen LogP contribution in [0.5, 0.6) is 0 Å². The first-order valence-corrected chi connectivity index (χ1v) is 19.4. The van der Waals surface area contributed by atoms with Crippen molar-refractivity contribution in [1.29, 1.82) is 0 Å². The second-order valence-electron chi connectivity index (χ2n) is 13.2. The fraction of sp³-hybridized carbons (Fsp3) is 0.667. The normalized spacial score (nSPS) is 17.9. The number of benzene rings is 1. The number of amides is 2. The molecule has 0 bridgehead atoms. The lowest BCUT2D eigenvalue weighted by Gasteiger charge is -2.38. The second kappa shape index (κ2) is 16.6. The van der Waals surface area contributed by atoms with Gasteiger partial charge in [0.2, 0.25) is 11.6 Å². The van der Waals surface area contributed by atoms with Crippen LogP contribution in [0.3, 0.4) is 0 Å². The molecule has 59 heavy (non-hydrogen) atoms. The molecule has 2 amide bonds. The van der Waals surface area contributed by atoms with Crippen LogP contribution in [0.25, 0.3) is 0 Å². The first kappa shape index (κ1) is 49.6. The number of hydrogen-bond acceptors (Lipinski definition) is 8. The average Bonchev–Trinajstić information content (AvgIpc) is 3.14. The Kier molecular flexibility index (Phi) is 14.0. The smallest absolute Gasteiger partial charge is 0.333 e. The average molecular weight is 925 g/mol. The molecule has 2 heterocycles. The summed E-state index contributed by atoms with van der Waals surface area (Å²) < 4.78 is 250. The van der Waals surface area contributed by atoms with Crippen LogP contribution < -0.4 is 0 Å². The number of halogens is 15. The van der Waals surface area contributed by atoms with Crippen molar-refractivity contribution in [2.75, 3.05) is 52.4 Å². The largest absolute Gasteiger partial charge is 0.460 e. The van der Waals surface area contributed by atoms with E-state index < -0.39 is 160 Å². The van der Waals surface area contributed by atoms with Crippen molar-refractivity contribution in [3.63, 3.8) is 0 Å². The molecule has 0 saturated carbocycles. The summed E-state index contributed by atoms with van der Waals surface area (Å²) in [7, 11) is -13.3. The van der Waals surface area contributed by atoms with E-state index in [0.717, 1.165) is 4.90 Å². The minimum atomic E-state index is -7.47. The van der Waals surface area contributed by atoms with Crippen LogP contribution in [-0.4, -0.2) is 151 Å². The van der Waals surface area contributed by atoms with Crippen LogP contribution in [-0.2, 0) is 52.1 Å². The van der Waals surface area contributed by atoms with Crippen molar-refractivity contribution in [3.8, 4) is 0 Å². The highest BCUT2D eigenvalue weighted by molar-refractivity contribution is 7.90. The molecule has 3 rings (SSSR count). The third kappa shape index (κ3) is 9.15. The Bertz CT molecular complexity index is 1990. The molecule has 2 aliphatic heterocycles. The summed E-state index contributed by atoms with van der Waals surface area (Å²) in [5.74, 6) is -31.4. The van der Waals surface area contributed by atoms with Gasteiger partial charge in [-0.25, -0.2) is 16.8 Å². The number of ketones is 2. The van der Waals surface area contributed by atoms with Gasteiger partial charge in [0.05, 0.1) is 0 Å². The van der Waals surface area contributed by atoms with Gasteiger partial charge >= 0.3 is 40.4 Å². The van der Waals surface area contributed by atoms with Crippen LogP contribution >= 0.6 is 0 Å². The summed E-state index contributed by atoms with van der Waals surface area (Å²) in [6, 6.07) is 5.77. The quantitative estimate of drug-likeness (QED) is 0.179. The van der Waals surface area contributed by atoms with E-state index >= 15 is 0 Å². The van der Waals surface area contributed by atoms with E-state index in [9.17, 15) is 102 Å². The van der Waals surface area contributed by atoms with Crippen LogP contribution in [0.2, 0.25) is 0 Å². The molecule has 0 unspecified atom stereocenters. The Morgan fingerprint density at radius 2 is 0.847 bits per heavy atom. The molecule has 1 aromatic rings. The molecule has 0 spiro atoms. The first-order valence-electron chi connectivity index (χ1n) is 16.6. The minimum absolute atomic E-state index is 0.141. The number of nitrogens with zero attached hydrogens (tertiary/aromatic N) is 4. The Hall–Kier alpha value is -3.73. The number of alkyl halides is 15. The zero-order chi connectivity index (χ0) is 45.6. The topological polar surface area (TPSA) is 150 Å². The van der Waals surface area contributed by atoms with Gasteiger partial charge in [0.25, 0.3) is 31.9 Å². The zero-order valence-electron chi connectivity index (χ0n) is 29.8. The van der Waals surface area contributed by atoms with Gasteiger partial charge in [0.15, 0.2) is 0 Å². The van der Waals surface area contributed by atoms with Crippen molar-refractivity contribution in [1.82, 2.24) is 18.4 Å². The van der Waals surface area contributed by atoms with Crippen LogP contribution in [0, 0.1) is 0 Å². The number of rotatable bonds is 16. The molecule has 1 aromatic carbocycles. The number of hydrogen-bond donors (Lipinski definition) is 0. The van der Waals surface area contributed by atoms with E-state index in [4.69, 9.17) is 0 Å². The first-order chi connectivity index (χ1) is 26.5. The van der Waals surface area contributed by atoms with Crippen LogP contribution in [0.1, 0.15) is 30.9 Å². The molecule has 12 nitrogen and oxygen atoms in total. The van der Waals surface area contributed by atoms with Crippen LogP contribution in [0.4, 0.5) is 65.9 Å². The Labute approximate surface area is 324 Å². The molecule has 2 fully saturated rings. The van der Waals surface area contributed by atoms with E-state index in [0.29, 0.717) is 16.0 Å². The molecule has 2 saturated heterocycles. The number of carbonyl (C=O) groups is 4.